The summed E-state index contributed by atoms with van der Waals surface area (Å²) in [5.41, 5.74) is 1.76. The molecule has 0 aliphatic heterocycles. The molecule has 19 heavy (non-hydrogen) atoms. The van der Waals surface area contributed by atoms with Crippen LogP contribution in [0.25, 0.3) is 0 Å². The topological polar surface area (TPSA) is 20.2 Å². The highest BCUT2D eigenvalue weighted by Crippen LogP contribution is 2.67. The van der Waals surface area contributed by atoms with Crippen molar-refractivity contribution in [3.05, 3.63) is 35.9 Å². The third-order valence-electron chi connectivity index (χ3n) is 6.02. The lowest BCUT2D eigenvalue weighted by atomic mass is 9.70. The van der Waals surface area contributed by atoms with Gasteiger partial charge in [0.25, 0.3) is 0 Å². The molecule has 0 unspecified atom stereocenters. The molecule has 2 heteroatoms. The highest BCUT2D eigenvalue weighted by atomic mass is 32.2. The number of thioether (sulfide) groups is 1. The molecule has 1 aromatic carbocycles. The van der Waals surface area contributed by atoms with Crippen LogP contribution in [0.3, 0.4) is 0 Å². The average Bonchev–Trinajstić information content (AvgIpc) is 2.70. The third kappa shape index (κ3) is 1.87. The van der Waals surface area contributed by atoms with Gasteiger partial charge in [-0.25, -0.2) is 0 Å². The number of aliphatic hydroxyl groups excluding tert-OH is 1. The summed E-state index contributed by atoms with van der Waals surface area (Å²) in [7, 11) is 0. The van der Waals surface area contributed by atoms with Gasteiger partial charge in [0, 0.05) is 11.0 Å². The van der Waals surface area contributed by atoms with E-state index in [1.807, 2.05) is 11.8 Å². The maximum absolute atomic E-state index is 10.7. The number of hydrogen-bond donors (Lipinski definition) is 1. The Bertz CT molecular complexity index is 456. The predicted molar refractivity (Wildman–Crippen MR) is 82.1 cm³/mol. The summed E-state index contributed by atoms with van der Waals surface area (Å²) in [5, 5.41) is 11.1. The maximum Gasteiger partial charge on any atom is 0.0720 e. The number of hydrogen-bond acceptors (Lipinski definition) is 2. The molecule has 0 spiro atoms. The second-order valence-electron chi connectivity index (χ2n) is 6.99. The number of rotatable bonds is 3. The minimum atomic E-state index is -0.144. The van der Waals surface area contributed by atoms with Crippen LogP contribution in [-0.4, -0.2) is 16.5 Å². The van der Waals surface area contributed by atoms with Crippen LogP contribution in [-0.2, 0) is 5.75 Å². The van der Waals surface area contributed by atoms with Crippen LogP contribution < -0.4 is 0 Å². The zero-order chi connectivity index (χ0) is 13.7. The Morgan fingerprint density at radius 2 is 1.89 bits per heavy atom. The molecule has 1 aromatic rings. The van der Waals surface area contributed by atoms with Crippen molar-refractivity contribution in [2.24, 2.45) is 16.7 Å². The van der Waals surface area contributed by atoms with Crippen LogP contribution in [0.15, 0.2) is 30.3 Å². The summed E-state index contributed by atoms with van der Waals surface area (Å²) in [6.45, 7) is 7.01. The first-order valence-electron chi connectivity index (χ1n) is 7.30. The summed E-state index contributed by atoms with van der Waals surface area (Å²) in [6, 6.07) is 10.6. The van der Waals surface area contributed by atoms with Gasteiger partial charge in [-0.3, -0.25) is 0 Å². The first-order valence-corrected chi connectivity index (χ1v) is 8.35. The van der Waals surface area contributed by atoms with E-state index in [1.165, 1.54) is 18.4 Å². The van der Waals surface area contributed by atoms with Crippen molar-refractivity contribution in [1.29, 1.82) is 0 Å². The summed E-state index contributed by atoms with van der Waals surface area (Å²) in [5.74, 6) is 1.69. The summed E-state index contributed by atoms with van der Waals surface area (Å²) in [6.07, 6.45) is 2.33. The smallest absolute Gasteiger partial charge is 0.0720 e. The van der Waals surface area contributed by atoms with Crippen molar-refractivity contribution in [2.75, 3.05) is 0 Å². The van der Waals surface area contributed by atoms with E-state index in [9.17, 15) is 5.11 Å². The van der Waals surface area contributed by atoms with Gasteiger partial charge in [0.2, 0.25) is 0 Å². The zero-order valence-electron chi connectivity index (χ0n) is 12.1. The van der Waals surface area contributed by atoms with Crippen molar-refractivity contribution in [3.8, 4) is 0 Å². The molecule has 0 aromatic heterocycles. The SMILES string of the molecule is CC1(C)[C@@H]2CC[C@@]1(C)[C@H](O)[C@@H]2SCc1ccccc1. The third-order valence-corrected chi connectivity index (χ3v) is 7.49. The molecular weight excluding hydrogens is 252 g/mol. The highest BCUT2D eigenvalue weighted by Gasteiger charge is 2.65. The minimum absolute atomic E-state index is 0.117. The van der Waals surface area contributed by atoms with Crippen molar-refractivity contribution in [3.63, 3.8) is 0 Å². The highest BCUT2D eigenvalue weighted by molar-refractivity contribution is 7.99. The Hall–Kier alpha value is -0.470. The largest absolute Gasteiger partial charge is 0.391 e. The minimum Gasteiger partial charge on any atom is -0.391 e. The molecule has 2 saturated carbocycles. The van der Waals surface area contributed by atoms with E-state index in [2.05, 4.69) is 51.1 Å². The average molecular weight is 276 g/mol. The fraction of sp³-hybridized carbons (Fsp3) is 0.647. The van der Waals surface area contributed by atoms with Crippen LogP contribution in [0.1, 0.15) is 39.2 Å². The first kappa shape index (κ1) is 13.5. The fourth-order valence-electron chi connectivity index (χ4n) is 4.22. The van der Waals surface area contributed by atoms with Crippen LogP contribution in [0.5, 0.6) is 0 Å². The van der Waals surface area contributed by atoms with E-state index < -0.39 is 0 Å². The van der Waals surface area contributed by atoms with E-state index in [4.69, 9.17) is 0 Å². The first-order chi connectivity index (χ1) is 8.97. The molecule has 0 heterocycles. The Morgan fingerprint density at radius 3 is 2.47 bits per heavy atom. The molecule has 0 amide bonds. The Kier molecular flexibility index (Phi) is 3.22. The van der Waals surface area contributed by atoms with Gasteiger partial charge in [-0.15, -0.1) is 0 Å². The molecule has 2 aliphatic carbocycles. The number of benzene rings is 1. The van der Waals surface area contributed by atoms with Crippen LogP contribution in [0.4, 0.5) is 0 Å². The number of fused-ring (bicyclic) bond motifs is 2. The molecule has 2 bridgehead atoms. The second kappa shape index (κ2) is 4.53. The van der Waals surface area contributed by atoms with Gasteiger partial charge in [0.05, 0.1) is 6.10 Å². The van der Waals surface area contributed by atoms with Gasteiger partial charge in [0.15, 0.2) is 0 Å². The van der Waals surface area contributed by atoms with E-state index in [0.29, 0.717) is 11.2 Å². The standard InChI is InChI=1S/C17H24OS/c1-16(2)13-9-10-17(16,3)15(18)14(13)19-11-12-7-5-4-6-8-12/h4-8,13-15,18H,9-11H2,1-3H3/t13-,14-,15-,17+/m1/s1. The van der Waals surface area contributed by atoms with E-state index in [1.54, 1.807) is 0 Å². The quantitative estimate of drug-likeness (QED) is 0.896. The maximum atomic E-state index is 10.7. The van der Waals surface area contributed by atoms with E-state index >= 15 is 0 Å². The Labute approximate surface area is 120 Å². The van der Waals surface area contributed by atoms with Gasteiger partial charge in [-0.05, 0) is 35.2 Å². The molecular formula is C17H24OS. The van der Waals surface area contributed by atoms with Gasteiger partial charge in [-0.1, -0.05) is 51.1 Å². The molecule has 1 N–H and O–H groups in total. The van der Waals surface area contributed by atoms with Gasteiger partial charge >= 0.3 is 0 Å². The normalized spacial score (nSPS) is 39.7. The lowest BCUT2D eigenvalue weighted by molar-refractivity contribution is 0.0148. The molecule has 0 radical (unpaired) electrons. The summed E-state index contributed by atoms with van der Waals surface area (Å²) >= 11 is 1.96. The Balaban J connectivity index is 1.74. The van der Waals surface area contributed by atoms with Crippen LogP contribution in [0, 0.1) is 16.7 Å². The molecule has 1 nitrogen and oxygen atoms in total. The molecule has 104 valence electrons. The van der Waals surface area contributed by atoms with Crippen LogP contribution in [0.2, 0.25) is 0 Å². The van der Waals surface area contributed by atoms with Crippen molar-refractivity contribution < 1.29 is 5.11 Å². The second-order valence-corrected chi connectivity index (χ2v) is 8.16. The van der Waals surface area contributed by atoms with E-state index in [0.717, 1.165) is 5.75 Å². The lowest BCUT2D eigenvalue weighted by Crippen LogP contribution is -2.38. The zero-order valence-corrected chi connectivity index (χ0v) is 12.9. The predicted octanol–water partition coefficient (Wildman–Crippen LogP) is 4.11. The van der Waals surface area contributed by atoms with Crippen molar-refractivity contribution >= 4 is 11.8 Å². The van der Waals surface area contributed by atoms with E-state index in [-0.39, 0.29) is 16.9 Å². The molecule has 3 rings (SSSR count). The monoisotopic (exact) mass is 276 g/mol. The van der Waals surface area contributed by atoms with Crippen molar-refractivity contribution in [2.45, 2.75) is 50.7 Å². The molecule has 2 aliphatic rings. The molecule has 4 atom stereocenters. The van der Waals surface area contributed by atoms with Crippen molar-refractivity contribution in [1.82, 2.24) is 0 Å². The van der Waals surface area contributed by atoms with Gasteiger partial charge in [0.1, 0.15) is 0 Å². The van der Waals surface area contributed by atoms with Crippen LogP contribution >= 0.6 is 11.8 Å². The summed E-state index contributed by atoms with van der Waals surface area (Å²) < 4.78 is 0. The number of aliphatic hydroxyl groups is 1. The summed E-state index contributed by atoms with van der Waals surface area (Å²) in [4.78, 5) is 0. The Morgan fingerprint density at radius 1 is 1.21 bits per heavy atom. The van der Waals surface area contributed by atoms with Gasteiger partial charge < -0.3 is 5.11 Å². The molecule has 0 saturated heterocycles. The fourth-order valence-corrected chi connectivity index (χ4v) is 5.99. The lowest BCUT2D eigenvalue weighted by Gasteiger charge is -2.37. The molecule has 2 fully saturated rings. The van der Waals surface area contributed by atoms with Gasteiger partial charge in [-0.2, -0.15) is 11.8 Å².